The molecule has 6 nitrogen and oxygen atoms in total. The maximum atomic E-state index is 5.41. The maximum absolute atomic E-state index is 5.41. The van der Waals surface area contributed by atoms with Crippen LogP contribution in [0.1, 0.15) is 54.7 Å². The van der Waals surface area contributed by atoms with Crippen molar-refractivity contribution in [2.45, 2.75) is 55.5 Å². The third-order valence-corrected chi connectivity index (χ3v) is 7.79. The van der Waals surface area contributed by atoms with Gasteiger partial charge in [-0.25, -0.2) is 0 Å². The average molecular weight is 444 g/mol. The summed E-state index contributed by atoms with van der Waals surface area (Å²) in [6.07, 6.45) is 7.13. The van der Waals surface area contributed by atoms with Crippen LogP contribution in [0.5, 0.6) is 0 Å². The zero-order valence-corrected chi connectivity index (χ0v) is 18.3. The van der Waals surface area contributed by atoms with Gasteiger partial charge in [0.15, 0.2) is 11.0 Å². The zero-order chi connectivity index (χ0) is 19.5. The molecule has 9 heteroatoms. The van der Waals surface area contributed by atoms with E-state index in [2.05, 4.69) is 42.4 Å². The Kier molecular flexibility index (Phi) is 5.78. The average Bonchev–Trinajstić information content (AvgIpc) is 3.54. The second-order valence-corrected chi connectivity index (χ2v) is 10.0. The summed E-state index contributed by atoms with van der Waals surface area (Å²) >= 11 is 5.03. The van der Waals surface area contributed by atoms with E-state index in [1.165, 1.54) is 37.0 Å². The predicted octanol–water partition coefficient (Wildman–Crippen LogP) is 5.84. The van der Waals surface area contributed by atoms with E-state index in [0.717, 1.165) is 22.3 Å². The van der Waals surface area contributed by atoms with Crippen molar-refractivity contribution in [2.75, 3.05) is 0 Å². The summed E-state index contributed by atoms with van der Waals surface area (Å²) in [4.78, 5) is 6.86. The first-order chi connectivity index (χ1) is 14.4. The van der Waals surface area contributed by atoms with Crippen LogP contribution in [0.4, 0.5) is 0 Å². The molecule has 0 amide bonds. The van der Waals surface area contributed by atoms with Gasteiger partial charge in [0.25, 0.3) is 5.89 Å². The SMILES string of the molecule is c1csc(Cc2nnc(SCc3noc(-c4cccs4)n3)n2C2CCCCC2)c1. The van der Waals surface area contributed by atoms with Crippen LogP contribution >= 0.6 is 34.4 Å². The molecule has 0 unspecified atom stereocenters. The Morgan fingerprint density at radius 2 is 1.93 bits per heavy atom. The molecule has 4 heterocycles. The molecule has 0 radical (unpaired) electrons. The molecule has 0 spiro atoms. The number of rotatable bonds is 7. The van der Waals surface area contributed by atoms with Crippen LogP contribution in [0.15, 0.2) is 44.7 Å². The molecular weight excluding hydrogens is 422 g/mol. The Morgan fingerprint density at radius 3 is 2.72 bits per heavy atom. The van der Waals surface area contributed by atoms with Gasteiger partial charge in [-0.1, -0.05) is 48.3 Å². The third-order valence-electron chi connectivity index (χ3n) is 5.12. The molecule has 4 aromatic rings. The molecule has 5 rings (SSSR count). The van der Waals surface area contributed by atoms with Gasteiger partial charge in [0.2, 0.25) is 0 Å². The predicted molar refractivity (Wildman–Crippen MR) is 116 cm³/mol. The zero-order valence-electron chi connectivity index (χ0n) is 15.9. The molecule has 0 aliphatic heterocycles. The van der Waals surface area contributed by atoms with Crippen LogP contribution in [0.3, 0.4) is 0 Å². The highest BCUT2D eigenvalue weighted by molar-refractivity contribution is 7.98. The molecule has 1 aliphatic carbocycles. The summed E-state index contributed by atoms with van der Waals surface area (Å²) < 4.78 is 7.79. The molecule has 1 aliphatic rings. The van der Waals surface area contributed by atoms with Gasteiger partial charge in [-0.05, 0) is 35.7 Å². The highest BCUT2D eigenvalue weighted by Crippen LogP contribution is 2.34. The second kappa shape index (κ2) is 8.81. The van der Waals surface area contributed by atoms with Gasteiger partial charge >= 0.3 is 0 Å². The molecule has 1 saturated carbocycles. The van der Waals surface area contributed by atoms with E-state index >= 15 is 0 Å². The summed E-state index contributed by atoms with van der Waals surface area (Å²) in [5.41, 5.74) is 0. The highest BCUT2D eigenvalue weighted by atomic mass is 32.2. The minimum atomic E-state index is 0.489. The summed E-state index contributed by atoms with van der Waals surface area (Å²) in [6.45, 7) is 0. The molecule has 1 fully saturated rings. The molecule has 0 saturated heterocycles. The van der Waals surface area contributed by atoms with Gasteiger partial charge < -0.3 is 9.09 Å². The molecule has 29 heavy (non-hydrogen) atoms. The van der Waals surface area contributed by atoms with Gasteiger partial charge in [0.1, 0.15) is 5.82 Å². The Labute approximate surface area is 181 Å². The number of aromatic nitrogens is 5. The minimum absolute atomic E-state index is 0.489. The number of nitrogens with zero attached hydrogens (tertiary/aromatic N) is 5. The monoisotopic (exact) mass is 443 g/mol. The Morgan fingerprint density at radius 1 is 1.07 bits per heavy atom. The number of hydrogen-bond donors (Lipinski definition) is 0. The number of thiophene rings is 2. The lowest BCUT2D eigenvalue weighted by molar-refractivity contribution is 0.330. The van der Waals surface area contributed by atoms with Crippen LogP contribution in [0.2, 0.25) is 0 Å². The lowest BCUT2D eigenvalue weighted by Gasteiger charge is -2.25. The molecule has 4 aromatic heterocycles. The quantitative estimate of drug-likeness (QED) is 0.334. The van der Waals surface area contributed by atoms with E-state index in [-0.39, 0.29) is 0 Å². The van der Waals surface area contributed by atoms with Crippen LogP contribution in [-0.4, -0.2) is 24.9 Å². The fourth-order valence-electron chi connectivity index (χ4n) is 3.74. The third kappa shape index (κ3) is 4.31. The van der Waals surface area contributed by atoms with E-state index in [1.54, 1.807) is 34.4 Å². The first kappa shape index (κ1) is 19.0. The van der Waals surface area contributed by atoms with Crippen molar-refractivity contribution in [1.82, 2.24) is 24.9 Å². The van der Waals surface area contributed by atoms with Crippen LogP contribution in [0, 0.1) is 0 Å². The molecule has 0 bridgehead atoms. The van der Waals surface area contributed by atoms with Crippen molar-refractivity contribution in [3.8, 4) is 10.8 Å². The van der Waals surface area contributed by atoms with Gasteiger partial charge in [0, 0.05) is 17.3 Å². The summed E-state index contributed by atoms with van der Waals surface area (Å²) in [5.74, 6) is 2.96. The Bertz CT molecular complexity index is 1030. The van der Waals surface area contributed by atoms with E-state index in [1.807, 2.05) is 17.5 Å². The van der Waals surface area contributed by atoms with Gasteiger partial charge in [-0.2, -0.15) is 4.98 Å². The first-order valence-corrected chi connectivity index (χ1v) is 12.6. The van der Waals surface area contributed by atoms with E-state index in [4.69, 9.17) is 4.52 Å². The first-order valence-electron chi connectivity index (χ1n) is 9.82. The summed E-state index contributed by atoms with van der Waals surface area (Å²) in [6, 6.07) is 8.73. The van der Waals surface area contributed by atoms with Gasteiger partial charge in [-0.15, -0.1) is 32.9 Å². The van der Waals surface area contributed by atoms with Crippen molar-refractivity contribution in [3.63, 3.8) is 0 Å². The number of thioether (sulfide) groups is 1. The number of hydrogen-bond acceptors (Lipinski definition) is 8. The lowest BCUT2D eigenvalue weighted by atomic mass is 9.95. The summed E-state index contributed by atoms with van der Waals surface area (Å²) in [5, 5.41) is 18.3. The fourth-order valence-corrected chi connectivity index (χ4v) is 5.96. The molecule has 0 N–H and O–H groups in total. The molecular formula is C20H21N5OS3. The van der Waals surface area contributed by atoms with Crippen molar-refractivity contribution >= 4 is 34.4 Å². The van der Waals surface area contributed by atoms with Gasteiger partial charge in [0.05, 0.1) is 10.6 Å². The van der Waals surface area contributed by atoms with Crippen molar-refractivity contribution in [3.05, 3.63) is 51.6 Å². The minimum Gasteiger partial charge on any atom is -0.333 e. The second-order valence-electron chi connectivity index (χ2n) is 7.10. The van der Waals surface area contributed by atoms with E-state index in [9.17, 15) is 0 Å². The van der Waals surface area contributed by atoms with Crippen molar-refractivity contribution < 1.29 is 4.52 Å². The van der Waals surface area contributed by atoms with E-state index in [0.29, 0.717) is 23.5 Å². The highest BCUT2D eigenvalue weighted by Gasteiger charge is 2.24. The standard InChI is InChI=1S/C20H21N5OS3/c1-2-6-14(7-3-1)25-18(12-15-8-4-10-27-15)22-23-20(25)29-13-17-21-19(26-24-17)16-9-5-11-28-16/h4-5,8-11,14H,1-3,6-7,12-13H2. The van der Waals surface area contributed by atoms with Crippen molar-refractivity contribution in [1.29, 1.82) is 0 Å². The van der Waals surface area contributed by atoms with Crippen LogP contribution in [-0.2, 0) is 12.2 Å². The Hall–Kier alpha value is -1.97. The smallest absolute Gasteiger partial charge is 0.268 e. The fraction of sp³-hybridized carbons (Fsp3) is 0.400. The largest absolute Gasteiger partial charge is 0.333 e. The maximum Gasteiger partial charge on any atom is 0.268 e. The van der Waals surface area contributed by atoms with Crippen LogP contribution < -0.4 is 0 Å². The molecule has 150 valence electrons. The topological polar surface area (TPSA) is 69.6 Å². The van der Waals surface area contributed by atoms with Gasteiger partial charge in [-0.3, -0.25) is 0 Å². The molecule has 0 aromatic carbocycles. The Balaban J connectivity index is 1.35. The summed E-state index contributed by atoms with van der Waals surface area (Å²) in [7, 11) is 0. The molecule has 0 atom stereocenters. The van der Waals surface area contributed by atoms with Crippen LogP contribution in [0.25, 0.3) is 10.8 Å². The normalized spacial score (nSPS) is 15.2. The van der Waals surface area contributed by atoms with E-state index < -0.39 is 0 Å². The lowest BCUT2D eigenvalue weighted by Crippen LogP contribution is -2.16. The van der Waals surface area contributed by atoms with Crippen molar-refractivity contribution in [2.24, 2.45) is 0 Å².